The molecule has 0 N–H and O–H groups in total. The predicted octanol–water partition coefficient (Wildman–Crippen LogP) is 2.08. The van der Waals surface area contributed by atoms with Crippen molar-refractivity contribution in [3.8, 4) is 0 Å². The van der Waals surface area contributed by atoms with Crippen LogP contribution in [0.4, 0.5) is 4.39 Å². The zero-order valence-corrected chi connectivity index (χ0v) is 9.65. The van der Waals surface area contributed by atoms with Gasteiger partial charge in [0.05, 0.1) is 6.04 Å². The van der Waals surface area contributed by atoms with Gasteiger partial charge in [-0.2, -0.15) is 0 Å². The van der Waals surface area contributed by atoms with E-state index in [1.165, 1.54) is 12.1 Å². The van der Waals surface area contributed by atoms with Gasteiger partial charge >= 0.3 is 0 Å². The van der Waals surface area contributed by atoms with E-state index in [1.807, 2.05) is 6.92 Å². The fraction of sp³-hybridized carbons (Fsp3) is 0.385. The molecule has 90 valence electrons. The number of carbonyl (C=O) groups is 2. The van der Waals surface area contributed by atoms with Crippen molar-refractivity contribution < 1.29 is 14.0 Å². The lowest BCUT2D eigenvalue weighted by atomic mass is 10.0. The number of amides is 1. The standard InChI is InChI=1S/C13H14FNO2/c1-9(10-4-6-11(14)7-5-10)15-8-2-3-12(16)13(15)17/h4-7,9H,2-3,8H2,1H3. The monoisotopic (exact) mass is 235 g/mol. The van der Waals surface area contributed by atoms with Gasteiger partial charge in [0, 0.05) is 13.0 Å². The first kappa shape index (κ1) is 11.8. The third kappa shape index (κ3) is 2.35. The number of benzene rings is 1. The summed E-state index contributed by atoms with van der Waals surface area (Å²) in [5.41, 5.74) is 0.842. The van der Waals surface area contributed by atoms with Crippen molar-refractivity contribution in [3.63, 3.8) is 0 Å². The molecule has 17 heavy (non-hydrogen) atoms. The van der Waals surface area contributed by atoms with Crippen molar-refractivity contribution in [2.75, 3.05) is 6.54 Å². The number of likely N-dealkylation sites (tertiary alicyclic amines) is 1. The first-order valence-corrected chi connectivity index (χ1v) is 5.69. The molecule has 1 saturated heterocycles. The van der Waals surface area contributed by atoms with Crippen LogP contribution < -0.4 is 0 Å². The van der Waals surface area contributed by atoms with Gasteiger partial charge in [0.1, 0.15) is 5.82 Å². The molecule has 1 heterocycles. The van der Waals surface area contributed by atoms with Crippen LogP contribution in [-0.4, -0.2) is 23.1 Å². The molecule has 0 radical (unpaired) electrons. The zero-order valence-electron chi connectivity index (χ0n) is 9.65. The number of ketones is 1. The maximum atomic E-state index is 12.8. The third-order valence-corrected chi connectivity index (χ3v) is 3.12. The summed E-state index contributed by atoms with van der Waals surface area (Å²) in [5.74, 6) is -1.06. The maximum absolute atomic E-state index is 12.8. The van der Waals surface area contributed by atoms with E-state index in [9.17, 15) is 14.0 Å². The zero-order chi connectivity index (χ0) is 12.4. The second kappa shape index (κ2) is 4.65. The van der Waals surface area contributed by atoms with Crippen molar-refractivity contribution in [2.45, 2.75) is 25.8 Å². The van der Waals surface area contributed by atoms with E-state index in [0.717, 1.165) is 5.56 Å². The summed E-state index contributed by atoms with van der Waals surface area (Å²) >= 11 is 0. The van der Waals surface area contributed by atoms with Crippen LogP contribution in [0, 0.1) is 5.82 Å². The minimum Gasteiger partial charge on any atom is -0.329 e. The molecule has 1 fully saturated rings. The van der Waals surface area contributed by atoms with Crippen molar-refractivity contribution in [3.05, 3.63) is 35.6 Å². The van der Waals surface area contributed by atoms with Crippen LogP contribution in [0.5, 0.6) is 0 Å². The Kier molecular flexibility index (Phi) is 3.22. The van der Waals surface area contributed by atoms with E-state index in [0.29, 0.717) is 19.4 Å². The molecular weight excluding hydrogens is 221 g/mol. The van der Waals surface area contributed by atoms with Gasteiger partial charge in [-0.1, -0.05) is 12.1 Å². The summed E-state index contributed by atoms with van der Waals surface area (Å²) in [6.07, 6.45) is 1.04. The Balaban J connectivity index is 2.19. The lowest BCUT2D eigenvalue weighted by molar-refractivity contribution is -0.148. The lowest BCUT2D eigenvalue weighted by Gasteiger charge is -2.31. The number of hydrogen-bond acceptors (Lipinski definition) is 2. The number of nitrogens with zero attached hydrogens (tertiary/aromatic N) is 1. The molecule has 0 spiro atoms. The molecule has 1 atom stereocenters. The van der Waals surface area contributed by atoms with Crippen molar-refractivity contribution in [2.24, 2.45) is 0 Å². The SMILES string of the molecule is CC(c1ccc(F)cc1)N1CCCC(=O)C1=O. The summed E-state index contributed by atoms with van der Waals surface area (Å²) in [5, 5.41) is 0. The number of carbonyl (C=O) groups excluding carboxylic acids is 2. The van der Waals surface area contributed by atoms with E-state index in [-0.39, 0.29) is 17.6 Å². The number of halogens is 1. The number of piperidine rings is 1. The first-order valence-electron chi connectivity index (χ1n) is 5.69. The van der Waals surface area contributed by atoms with Gasteiger partial charge in [0.15, 0.2) is 0 Å². The van der Waals surface area contributed by atoms with E-state index < -0.39 is 5.91 Å². The van der Waals surface area contributed by atoms with Crippen LogP contribution in [0.2, 0.25) is 0 Å². The average Bonchev–Trinajstić information content (AvgIpc) is 2.33. The van der Waals surface area contributed by atoms with Gasteiger partial charge in [-0.3, -0.25) is 9.59 Å². The molecule has 0 aliphatic carbocycles. The molecule has 2 rings (SSSR count). The Hall–Kier alpha value is -1.71. The smallest absolute Gasteiger partial charge is 0.290 e. The third-order valence-electron chi connectivity index (χ3n) is 3.12. The summed E-state index contributed by atoms with van der Waals surface area (Å²) in [4.78, 5) is 24.6. The highest BCUT2D eigenvalue weighted by Gasteiger charge is 2.30. The Labute approximate surface area is 99.2 Å². The molecule has 0 aromatic heterocycles. The van der Waals surface area contributed by atoms with Gasteiger partial charge < -0.3 is 4.90 Å². The lowest BCUT2D eigenvalue weighted by Crippen LogP contribution is -2.42. The van der Waals surface area contributed by atoms with E-state index in [4.69, 9.17) is 0 Å². The molecule has 1 aromatic rings. The fourth-order valence-electron chi connectivity index (χ4n) is 2.07. The molecular formula is C13H14FNO2. The van der Waals surface area contributed by atoms with Crippen LogP contribution in [0.25, 0.3) is 0 Å². The molecule has 1 amide bonds. The molecule has 3 nitrogen and oxygen atoms in total. The predicted molar refractivity (Wildman–Crippen MR) is 60.8 cm³/mol. The van der Waals surface area contributed by atoms with Gasteiger partial charge in [0.2, 0.25) is 5.78 Å². The Morgan fingerprint density at radius 2 is 1.88 bits per heavy atom. The molecule has 1 unspecified atom stereocenters. The summed E-state index contributed by atoms with van der Waals surface area (Å²) < 4.78 is 12.8. The molecule has 1 aliphatic rings. The highest BCUT2D eigenvalue weighted by Crippen LogP contribution is 2.23. The summed E-state index contributed by atoms with van der Waals surface area (Å²) in [6, 6.07) is 5.83. The van der Waals surface area contributed by atoms with E-state index >= 15 is 0 Å². The van der Waals surface area contributed by atoms with Crippen LogP contribution >= 0.6 is 0 Å². The summed E-state index contributed by atoms with van der Waals surface area (Å²) in [7, 11) is 0. The van der Waals surface area contributed by atoms with Crippen LogP contribution in [0.15, 0.2) is 24.3 Å². The second-order valence-corrected chi connectivity index (χ2v) is 4.25. The number of hydrogen-bond donors (Lipinski definition) is 0. The highest BCUT2D eigenvalue weighted by molar-refractivity contribution is 6.36. The van der Waals surface area contributed by atoms with Gasteiger partial charge in [-0.05, 0) is 31.0 Å². The van der Waals surface area contributed by atoms with E-state index in [1.54, 1.807) is 17.0 Å². The Morgan fingerprint density at radius 1 is 1.24 bits per heavy atom. The van der Waals surface area contributed by atoms with Crippen LogP contribution in [0.1, 0.15) is 31.4 Å². The van der Waals surface area contributed by atoms with Crippen molar-refractivity contribution in [1.29, 1.82) is 0 Å². The molecule has 1 aromatic carbocycles. The Morgan fingerprint density at radius 3 is 2.53 bits per heavy atom. The Bertz CT molecular complexity index is 441. The normalized spacial score (nSPS) is 18.4. The van der Waals surface area contributed by atoms with Crippen molar-refractivity contribution >= 4 is 11.7 Å². The number of Topliss-reactive ketones (excluding diaryl/α,β-unsaturated/α-hetero) is 1. The van der Waals surface area contributed by atoms with Gasteiger partial charge in [-0.25, -0.2) is 4.39 Å². The second-order valence-electron chi connectivity index (χ2n) is 4.25. The quantitative estimate of drug-likeness (QED) is 0.736. The molecule has 0 bridgehead atoms. The van der Waals surface area contributed by atoms with Crippen LogP contribution in [0.3, 0.4) is 0 Å². The first-order chi connectivity index (χ1) is 8.09. The fourth-order valence-corrected chi connectivity index (χ4v) is 2.07. The topological polar surface area (TPSA) is 37.4 Å². The largest absolute Gasteiger partial charge is 0.329 e. The minimum absolute atomic E-state index is 0.188. The van der Waals surface area contributed by atoms with Crippen LogP contribution in [-0.2, 0) is 9.59 Å². The molecule has 0 saturated carbocycles. The van der Waals surface area contributed by atoms with Gasteiger partial charge in [-0.15, -0.1) is 0 Å². The number of rotatable bonds is 2. The minimum atomic E-state index is -0.423. The highest BCUT2D eigenvalue weighted by atomic mass is 19.1. The molecule has 4 heteroatoms. The average molecular weight is 235 g/mol. The van der Waals surface area contributed by atoms with Crippen molar-refractivity contribution in [1.82, 2.24) is 4.90 Å². The maximum Gasteiger partial charge on any atom is 0.290 e. The van der Waals surface area contributed by atoms with E-state index in [2.05, 4.69) is 0 Å². The summed E-state index contributed by atoms with van der Waals surface area (Å²) in [6.45, 7) is 2.44. The van der Waals surface area contributed by atoms with Gasteiger partial charge in [0.25, 0.3) is 5.91 Å². The molecule has 1 aliphatic heterocycles.